The minimum absolute atomic E-state index is 0.0679. The van der Waals surface area contributed by atoms with E-state index in [1.807, 2.05) is 0 Å². The Morgan fingerprint density at radius 2 is 1.65 bits per heavy atom. The zero-order valence-electron chi connectivity index (χ0n) is 12.4. The molecule has 118 valence electrons. The van der Waals surface area contributed by atoms with Gasteiger partial charge in [-0.05, 0) is 31.6 Å². The van der Waals surface area contributed by atoms with E-state index < -0.39 is 10.2 Å². The molecular formula is C14H28N2O3S. The molecule has 2 rings (SSSR count). The molecule has 0 heterocycles. The number of rotatable bonds is 5. The fourth-order valence-electron chi connectivity index (χ4n) is 3.38. The smallest absolute Gasteiger partial charge is 0.279 e. The molecule has 0 aliphatic heterocycles. The highest BCUT2D eigenvalue weighted by molar-refractivity contribution is 7.87. The second-order valence-corrected chi connectivity index (χ2v) is 8.09. The minimum Gasteiger partial charge on any atom is -0.393 e. The molecule has 2 saturated carbocycles. The predicted molar refractivity (Wildman–Crippen MR) is 79.5 cm³/mol. The third-order valence-electron chi connectivity index (χ3n) is 4.86. The van der Waals surface area contributed by atoms with Gasteiger partial charge in [-0.3, -0.25) is 0 Å². The molecule has 5 nitrogen and oxygen atoms in total. The number of aliphatic hydroxyl groups is 1. The van der Waals surface area contributed by atoms with Gasteiger partial charge in [0.25, 0.3) is 10.2 Å². The highest BCUT2D eigenvalue weighted by Crippen LogP contribution is 2.25. The molecule has 0 radical (unpaired) electrons. The van der Waals surface area contributed by atoms with E-state index in [1.165, 1.54) is 10.7 Å². The van der Waals surface area contributed by atoms with Crippen LogP contribution in [0.5, 0.6) is 0 Å². The molecule has 0 bridgehead atoms. The van der Waals surface area contributed by atoms with Crippen LogP contribution in [0.4, 0.5) is 0 Å². The van der Waals surface area contributed by atoms with Crippen LogP contribution in [0.1, 0.15) is 57.8 Å². The first kappa shape index (κ1) is 16.2. The predicted octanol–water partition coefficient (Wildman–Crippen LogP) is 1.64. The van der Waals surface area contributed by atoms with E-state index in [0.29, 0.717) is 6.54 Å². The average molecular weight is 304 g/mol. The summed E-state index contributed by atoms with van der Waals surface area (Å²) in [5, 5.41) is 9.90. The Bertz CT molecular complexity index is 393. The molecular weight excluding hydrogens is 276 g/mol. The molecule has 6 heteroatoms. The Morgan fingerprint density at radius 3 is 2.30 bits per heavy atom. The van der Waals surface area contributed by atoms with Gasteiger partial charge in [-0.25, -0.2) is 4.72 Å². The van der Waals surface area contributed by atoms with Crippen molar-refractivity contribution in [1.29, 1.82) is 0 Å². The zero-order chi connectivity index (χ0) is 14.6. The summed E-state index contributed by atoms with van der Waals surface area (Å²) in [5.41, 5.74) is 0. The van der Waals surface area contributed by atoms with Crippen molar-refractivity contribution in [3.8, 4) is 0 Å². The van der Waals surface area contributed by atoms with Crippen molar-refractivity contribution in [2.45, 2.75) is 69.9 Å². The van der Waals surface area contributed by atoms with E-state index in [-0.39, 0.29) is 18.1 Å². The second kappa shape index (κ2) is 7.20. The topological polar surface area (TPSA) is 69.6 Å². The molecule has 0 amide bonds. The van der Waals surface area contributed by atoms with Crippen molar-refractivity contribution in [1.82, 2.24) is 9.03 Å². The van der Waals surface area contributed by atoms with Crippen LogP contribution in [0, 0.1) is 5.92 Å². The van der Waals surface area contributed by atoms with Crippen molar-refractivity contribution in [3.05, 3.63) is 0 Å². The molecule has 0 aromatic rings. The fourth-order valence-corrected chi connectivity index (χ4v) is 4.61. The summed E-state index contributed by atoms with van der Waals surface area (Å²) in [7, 11) is -1.73. The molecule has 2 aliphatic rings. The van der Waals surface area contributed by atoms with Crippen LogP contribution in [0.25, 0.3) is 0 Å². The molecule has 0 aromatic carbocycles. The Balaban J connectivity index is 1.86. The van der Waals surface area contributed by atoms with Gasteiger partial charge in [-0.2, -0.15) is 12.7 Å². The summed E-state index contributed by atoms with van der Waals surface area (Å²) in [4.78, 5) is 0. The van der Waals surface area contributed by atoms with Crippen molar-refractivity contribution in [2.75, 3.05) is 13.6 Å². The van der Waals surface area contributed by atoms with Gasteiger partial charge in [-0.1, -0.05) is 32.1 Å². The number of hydrogen-bond acceptors (Lipinski definition) is 3. The van der Waals surface area contributed by atoms with Crippen LogP contribution in [-0.2, 0) is 10.2 Å². The first-order valence-electron chi connectivity index (χ1n) is 7.91. The van der Waals surface area contributed by atoms with Gasteiger partial charge in [0, 0.05) is 19.6 Å². The lowest BCUT2D eigenvalue weighted by atomic mass is 9.87. The number of hydrogen-bond donors (Lipinski definition) is 2. The van der Waals surface area contributed by atoms with Gasteiger partial charge in [0.1, 0.15) is 0 Å². The zero-order valence-corrected chi connectivity index (χ0v) is 13.2. The highest BCUT2D eigenvalue weighted by Gasteiger charge is 2.29. The Labute approximate surface area is 122 Å². The largest absolute Gasteiger partial charge is 0.393 e. The molecule has 2 N–H and O–H groups in total. The molecule has 2 atom stereocenters. The molecule has 0 saturated heterocycles. The van der Waals surface area contributed by atoms with Crippen LogP contribution in [0.3, 0.4) is 0 Å². The average Bonchev–Trinajstić information content (AvgIpc) is 2.46. The summed E-state index contributed by atoms with van der Waals surface area (Å²) >= 11 is 0. The van der Waals surface area contributed by atoms with Crippen LogP contribution >= 0.6 is 0 Å². The first-order chi connectivity index (χ1) is 9.50. The summed E-state index contributed by atoms with van der Waals surface area (Å²) in [6.07, 6.45) is 8.86. The fraction of sp³-hybridized carbons (Fsp3) is 1.00. The second-order valence-electron chi connectivity index (χ2n) is 6.27. The van der Waals surface area contributed by atoms with Gasteiger partial charge >= 0.3 is 0 Å². The van der Waals surface area contributed by atoms with Gasteiger partial charge in [0.05, 0.1) is 6.10 Å². The normalized spacial score (nSPS) is 29.8. The maximum Gasteiger partial charge on any atom is 0.279 e. The van der Waals surface area contributed by atoms with E-state index in [2.05, 4.69) is 4.72 Å². The number of nitrogens with zero attached hydrogens (tertiary/aromatic N) is 1. The highest BCUT2D eigenvalue weighted by atomic mass is 32.2. The van der Waals surface area contributed by atoms with E-state index in [9.17, 15) is 13.5 Å². The summed E-state index contributed by atoms with van der Waals surface area (Å²) in [6, 6.07) is 0.137. The lowest BCUT2D eigenvalue weighted by molar-refractivity contribution is 0.0722. The first-order valence-corrected chi connectivity index (χ1v) is 9.35. The minimum atomic E-state index is -3.41. The number of nitrogens with one attached hydrogen (secondary N) is 1. The maximum atomic E-state index is 12.3. The standard InChI is InChI=1S/C14H28N2O3S/c1-16(13-8-3-2-4-9-13)20(18,19)15-11-12-7-5-6-10-14(12)17/h12-15,17H,2-11H2,1H3. The van der Waals surface area contributed by atoms with E-state index >= 15 is 0 Å². The summed E-state index contributed by atoms with van der Waals surface area (Å²) in [6.45, 7) is 0.362. The number of aliphatic hydroxyl groups excluding tert-OH is 1. The molecule has 2 fully saturated rings. The Kier molecular flexibility index (Phi) is 5.84. The Morgan fingerprint density at radius 1 is 1.05 bits per heavy atom. The molecule has 0 spiro atoms. The molecule has 2 unspecified atom stereocenters. The summed E-state index contributed by atoms with van der Waals surface area (Å²) in [5.74, 6) is 0.0679. The summed E-state index contributed by atoms with van der Waals surface area (Å²) < 4.78 is 28.8. The molecule has 20 heavy (non-hydrogen) atoms. The van der Waals surface area contributed by atoms with Crippen LogP contribution in [-0.4, -0.2) is 43.6 Å². The third kappa shape index (κ3) is 4.16. The van der Waals surface area contributed by atoms with Crippen LogP contribution < -0.4 is 4.72 Å². The van der Waals surface area contributed by atoms with Gasteiger partial charge in [-0.15, -0.1) is 0 Å². The van der Waals surface area contributed by atoms with Crippen molar-refractivity contribution < 1.29 is 13.5 Å². The van der Waals surface area contributed by atoms with E-state index in [0.717, 1.165) is 51.4 Å². The van der Waals surface area contributed by atoms with Gasteiger partial charge < -0.3 is 5.11 Å². The van der Waals surface area contributed by atoms with Gasteiger partial charge in [0.15, 0.2) is 0 Å². The SMILES string of the molecule is CN(C1CCCCC1)S(=O)(=O)NCC1CCCCC1O. The van der Waals surface area contributed by atoms with Crippen molar-refractivity contribution >= 4 is 10.2 Å². The lowest BCUT2D eigenvalue weighted by Gasteiger charge is -2.32. The van der Waals surface area contributed by atoms with Crippen LogP contribution in [0.2, 0.25) is 0 Å². The monoisotopic (exact) mass is 304 g/mol. The third-order valence-corrected chi connectivity index (χ3v) is 6.45. The van der Waals surface area contributed by atoms with Gasteiger partial charge in [0.2, 0.25) is 0 Å². The molecule has 0 aromatic heterocycles. The molecule has 2 aliphatic carbocycles. The lowest BCUT2D eigenvalue weighted by Crippen LogP contribution is -2.47. The Hall–Kier alpha value is -0.170. The van der Waals surface area contributed by atoms with Crippen LogP contribution in [0.15, 0.2) is 0 Å². The maximum absolute atomic E-state index is 12.3. The van der Waals surface area contributed by atoms with Crippen molar-refractivity contribution in [2.24, 2.45) is 5.92 Å². The quantitative estimate of drug-likeness (QED) is 0.811. The van der Waals surface area contributed by atoms with E-state index in [4.69, 9.17) is 0 Å². The van der Waals surface area contributed by atoms with E-state index in [1.54, 1.807) is 7.05 Å². The van der Waals surface area contributed by atoms with Crippen molar-refractivity contribution in [3.63, 3.8) is 0 Å².